The molecule has 0 spiro atoms. The second kappa shape index (κ2) is 4.49. The Kier molecular flexibility index (Phi) is 3.85. The fourth-order valence-electron chi connectivity index (χ4n) is 1.73. The van der Waals surface area contributed by atoms with Crippen LogP contribution in [-0.4, -0.2) is 16.1 Å². The highest BCUT2D eigenvalue weighted by molar-refractivity contribution is 6.91. The van der Waals surface area contributed by atoms with Gasteiger partial charge in [-0.2, -0.15) is 0 Å². The SMILES string of the molecule is CC(C)[Si](C)(C)c1ccc([Si](C)(C)C)cc1. The zero-order valence-corrected chi connectivity index (χ0v) is 13.9. The van der Waals surface area contributed by atoms with Crippen LogP contribution < -0.4 is 10.4 Å². The molecule has 0 atom stereocenters. The van der Waals surface area contributed by atoms with E-state index < -0.39 is 16.1 Å². The maximum atomic E-state index is 2.47. The molecule has 0 heterocycles. The molecule has 0 amide bonds. The van der Waals surface area contributed by atoms with Crippen molar-refractivity contribution in [3.8, 4) is 0 Å². The zero-order valence-electron chi connectivity index (χ0n) is 11.9. The molecule has 0 nitrogen and oxygen atoms in total. The number of hydrogen-bond acceptors (Lipinski definition) is 0. The Balaban J connectivity index is 3.05. The summed E-state index contributed by atoms with van der Waals surface area (Å²) in [6.45, 7) is 16.9. The molecule has 0 fully saturated rings. The van der Waals surface area contributed by atoms with Gasteiger partial charge in [0.1, 0.15) is 0 Å². The number of rotatable bonds is 3. The molecule has 1 rings (SSSR count). The van der Waals surface area contributed by atoms with E-state index in [0.717, 1.165) is 5.54 Å². The fourth-order valence-corrected chi connectivity index (χ4v) is 4.59. The van der Waals surface area contributed by atoms with Crippen molar-refractivity contribution in [2.75, 3.05) is 0 Å². The third-order valence-electron chi connectivity index (χ3n) is 3.94. The van der Waals surface area contributed by atoms with Crippen LogP contribution in [-0.2, 0) is 0 Å². The van der Waals surface area contributed by atoms with E-state index in [1.807, 2.05) is 0 Å². The number of hydrogen-bond donors (Lipinski definition) is 0. The topological polar surface area (TPSA) is 0 Å². The molecule has 0 saturated carbocycles. The van der Waals surface area contributed by atoms with Crippen LogP contribution >= 0.6 is 0 Å². The first kappa shape index (κ1) is 13.7. The van der Waals surface area contributed by atoms with Gasteiger partial charge in [-0.05, 0) is 5.54 Å². The highest BCUT2D eigenvalue weighted by atomic mass is 28.3. The van der Waals surface area contributed by atoms with E-state index >= 15 is 0 Å². The molecule has 0 aliphatic rings. The molecular weight excluding hydrogens is 224 g/mol. The highest BCUT2D eigenvalue weighted by Gasteiger charge is 2.27. The van der Waals surface area contributed by atoms with Crippen LogP contribution in [0, 0.1) is 0 Å². The van der Waals surface area contributed by atoms with Gasteiger partial charge in [0.05, 0.1) is 16.1 Å². The van der Waals surface area contributed by atoms with E-state index in [-0.39, 0.29) is 0 Å². The van der Waals surface area contributed by atoms with Crippen molar-refractivity contribution in [3.05, 3.63) is 24.3 Å². The van der Waals surface area contributed by atoms with E-state index in [2.05, 4.69) is 70.8 Å². The molecule has 90 valence electrons. The Labute approximate surface area is 103 Å². The van der Waals surface area contributed by atoms with Crippen LogP contribution in [0.5, 0.6) is 0 Å². The summed E-state index contributed by atoms with van der Waals surface area (Å²) in [5.74, 6) is 0. The molecular formula is C14H26Si2. The first-order chi connectivity index (χ1) is 7.15. The lowest BCUT2D eigenvalue weighted by Gasteiger charge is -2.28. The molecule has 0 aliphatic carbocycles. The van der Waals surface area contributed by atoms with Crippen molar-refractivity contribution >= 4 is 26.5 Å². The van der Waals surface area contributed by atoms with Crippen molar-refractivity contribution in [3.63, 3.8) is 0 Å². The summed E-state index contributed by atoms with van der Waals surface area (Å²) in [5.41, 5.74) is 0.810. The first-order valence-electron chi connectivity index (χ1n) is 6.26. The van der Waals surface area contributed by atoms with Gasteiger partial charge in [0, 0.05) is 0 Å². The van der Waals surface area contributed by atoms with Crippen molar-refractivity contribution in [1.82, 2.24) is 0 Å². The Morgan fingerprint density at radius 2 is 1.12 bits per heavy atom. The Bertz CT molecular complexity index is 342. The van der Waals surface area contributed by atoms with Crippen molar-refractivity contribution in [1.29, 1.82) is 0 Å². The minimum atomic E-state index is -1.22. The van der Waals surface area contributed by atoms with Crippen LogP contribution in [0.2, 0.25) is 38.3 Å². The maximum Gasteiger partial charge on any atom is 0.0831 e. The summed E-state index contributed by atoms with van der Waals surface area (Å²) in [4.78, 5) is 0. The van der Waals surface area contributed by atoms with Gasteiger partial charge < -0.3 is 0 Å². The smallest absolute Gasteiger partial charge is 0.0656 e. The molecule has 0 unspecified atom stereocenters. The molecule has 0 bridgehead atoms. The van der Waals surface area contributed by atoms with Gasteiger partial charge in [0.2, 0.25) is 0 Å². The average Bonchev–Trinajstić information content (AvgIpc) is 2.16. The summed E-state index contributed by atoms with van der Waals surface area (Å²) in [5, 5.41) is 3.18. The quantitative estimate of drug-likeness (QED) is 0.720. The van der Waals surface area contributed by atoms with Crippen molar-refractivity contribution in [2.45, 2.75) is 52.1 Å². The van der Waals surface area contributed by atoms with Gasteiger partial charge in [0.15, 0.2) is 0 Å². The molecule has 0 aromatic heterocycles. The lowest BCUT2D eigenvalue weighted by Crippen LogP contribution is -2.46. The highest BCUT2D eigenvalue weighted by Crippen LogP contribution is 2.19. The lowest BCUT2D eigenvalue weighted by molar-refractivity contribution is 1.02. The molecule has 0 aliphatic heterocycles. The molecule has 0 N–H and O–H groups in total. The van der Waals surface area contributed by atoms with E-state index in [1.54, 1.807) is 10.4 Å². The molecule has 16 heavy (non-hydrogen) atoms. The normalized spacial score (nSPS) is 13.2. The Hall–Kier alpha value is -0.346. The standard InChI is InChI=1S/C14H26Si2/c1-12(2)16(6,7)14-10-8-13(9-11-14)15(3,4)5/h8-12H,1-7H3. The molecule has 0 saturated heterocycles. The van der Waals surface area contributed by atoms with Crippen LogP contribution in [0.4, 0.5) is 0 Å². The van der Waals surface area contributed by atoms with Gasteiger partial charge in [0.25, 0.3) is 0 Å². The predicted molar refractivity (Wildman–Crippen MR) is 81.6 cm³/mol. The maximum absolute atomic E-state index is 2.47. The van der Waals surface area contributed by atoms with Crippen LogP contribution in [0.25, 0.3) is 0 Å². The first-order valence-corrected chi connectivity index (χ1v) is 12.8. The molecule has 0 radical (unpaired) electrons. The average molecular weight is 251 g/mol. The van der Waals surface area contributed by atoms with Gasteiger partial charge in [-0.25, -0.2) is 0 Å². The summed E-state index contributed by atoms with van der Waals surface area (Å²) in [6.07, 6.45) is 0. The lowest BCUT2D eigenvalue weighted by atomic mass is 10.4. The summed E-state index contributed by atoms with van der Waals surface area (Å²) in [6, 6.07) is 9.52. The minimum Gasteiger partial charge on any atom is -0.0656 e. The number of benzene rings is 1. The van der Waals surface area contributed by atoms with E-state index in [9.17, 15) is 0 Å². The van der Waals surface area contributed by atoms with Gasteiger partial charge in [-0.15, -0.1) is 0 Å². The summed E-state index contributed by atoms with van der Waals surface area (Å²) < 4.78 is 0. The minimum absolute atomic E-state index is 0.810. The van der Waals surface area contributed by atoms with Crippen LogP contribution in [0.1, 0.15) is 13.8 Å². The summed E-state index contributed by atoms with van der Waals surface area (Å²) in [7, 11) is -2.35. The van der Waals surface area contributed by atoms with Crippen molar-refractivity contribution < 1.29 is 0 Å². The Morgan fingerprint density at radius 3 is 1.44 bits per heavy atom. The van der Waals surface area contributed by atoms with E-state index in [1.165, 1.54) is 0 Å². The van der Waals surface area contributed by atoms with Gasteiger partial charge >= 0.3 is 0 Å². The second-order valence-electron chi connectivity index (χ2n) is 6.70. The fraction of sp³-hybridized carbons (Fsp3) is 0.571. The molecule has 1 aromatic carbocycles. The van der Waals surface area contributed by atoms with Gasteiger partial charge in [-0.1, -0.05) is 81.2 Å². The third-order valence-corrected chi connectivity index (χ3v) is 10.7. The molecule has 2 heteroatoms. The zero-order chi connectivity index (χ0) is 12.6. The Morgan fingerprint density at radius 1 is 0.750 bits per heavy atom. The second-order valence-corrected chi connectivity index (χ2v) is 17.0. The predicted octanol–water partition coefficient (Wildman–Crippen LogP) is 3.56. The van der Waals surface area contributed by atoms with Gasteiger partial charge in [-0.3, -0.25) is 0 Å². The third kappa shape index (κ3) is 2.86. The van der Waals surface area contributed by atoms with E-state index in [4.69, 9.17) is 0 Å². The summed E-state index contributed by atoms with van der Waals surface area (Å²) >= 11 is 0. The van der Waals surface area contributed by atoms with Crippen molar-refractivity contribution in [2.24, 2.45) is 0 Å². The van der Waals surface area contributed by atoms with E-state index in [0.29, 0.717) is 0 Å². The molecule has 1 aromatic rings. The monoisotopic (exact) mass is 250 g/mol. The van der Waals surface area contributed by atoms with Crippen LogP contribution in [0.3, 0.4) is 0 Å². The van der Waals surface area contributed by atoms with Crippen LogP contribution in [0.15, 0.2) is 24.3 Å². The largest absolute Gasteiger partial charge is 0.0831 e.